The molecule has 1 aromatic rings. The zero-order chi connectivity index (χ0) is 16.2. The lowest BCUT2D eigenvalue weighted by molar-refractivity contribution is -0.137. The topological polar surface area (TPSA) is 75.6 Å². The summed E-state index contributed by atoms with van der Waals surface area (Å²) in [5.41, 5.74) is 0.906. The van der Waals surface area contributed by atoms with Gasteiger partial charge in [-0.1, -0.05) is 25.5 Å². The van der Waals surface area contributed by atoms with Crippen molar-refractivity contribution in [1.29, 1.82) is 0 Å². The first kappa shape index (κ1) is 17.8. The van der Waals surface area contributed by atoms with E-state index >= 15 is 0 Å². The van der Waals surface area contributed by atoms with Crippen molar-refractivity contribution in [3.05, 3.63) is 35.9 Å². The summed E-state index contributed by atoms with van der Waals surface area (Å²) in [6.45, 7) is 3.19. The van der Waals surface area contributed by atoms with Gasteiger partial charge in [0.05, 0.1) is 6.61 Å². The number of carboxylic acid groups (broad SMARTS) is 1. The number of carbonyl (C=O) groups is 2. The fraction of sp³-hybridized carbons (Fsp3) is 0.412. The van der Waals surface area contributed by atoms with Crippen LogP contribution >= 0.6 is 0 Å². The summed E-state index contributed by atoms with van der Waals surface area (Å²) in [4.78, 5) is 21.9. The van der Waals surface area contributed by atoms with Crippen molar-refractivity contribution in [1.82, 2.24) is 5.32 Å². The van der Waals surface area contributed by atoms with Gasteiger partial charge in [-0.3, -0.25) is 9.59 Å². The van der Waals surface area contributed by atoms with Gasteiger partial charge >= 0.3 is 5.97 Å². The molecule has 0 radical (unpaired) electrons. The first-order valence-corrected chi connectivity index (χ1v) is 7.52. The van der Waals surface area contributed by atoms with Crippen molar-refractivity contribution in [2.75, 3.05) is 13.2 Å². The van der Waals surface area contributed by atoms with E-state index in [4.69, 9.17) is 9.84 Å². The molecule has 0 unspecified atom stereocenters. The summed E-state index contributed by atoms with van der Waals surface area (Å²) >= 11 is 0. The molecule has 5 heteroatoms. The maximum Gasteiger partial charge on any atom is 0.303 e. The maximum absolute atomic E-state index is 11.5. The van der Waals surface area contributed by atoms with Crippen LogP contribution in [0.3, 0.4) is 0 Å². The monoisotopic (exact) mass is 305 g/mol. The van der Waals surface area contributed by atoms with Gasteiger partial charge in [0, 0.05) is 19.0 Å². The largest absolute Gasteiger partial charge is 0.494 e. The predicted octanol–water partition coefficient (Wildman–Crippen LogP) is 2.86. The molecule has 0 aliphatic heterocycles. The second kappa shape index (κ2) is 10.4. The van der Waals surface area contributed by atoms with Gasteiger partial charge in [0.1, 0.15) is 5.75 Å². The lowest BCUT2D eigenvalue weighted by atomic mass is 10.2. The summed E-state index contributed by atoms with van der Waals surface area (Å²) in [5, 5.41) is 11.1. The van der Waals surface area contributed by atoms with Crippen LogP contribution in [0.15, 0.2) is 30.3 Å². The van der Waals surface area contributed by atoms with E-state index in [0.29, 0.717) is 19.6 Å². The van der Waals surface area contributed by atoms with Gasteiger partial charge in [-0.15, -0.1) is 0 Å². The molecule has 0 aliphatic rings. The number of aliphatic carboxylic acids is 1. The van der Waals surface area contributed by atoms with Crippen LogP contribution in [0.1, 0.15) is 38.2 Å². The third-order valence-electron chi connectivity index (χ3n) is 2.94. The molecule has 0 saturated carbocycles. The number of hydrogen-bond acceptors (Lipinski definition) is 3. The highest BCUT2D eigenvalue weighted by Crippen LogP contribution is 2.13. The molecule has 0 saturated heterocycles. The van der Waals surface area contributed by atoms with Crippen LogP contribution < -0.4 is 10.1 Å². The Morgan fingerprint density at radius 1 is 1.23 bits per heavy atom. The highest BCUT2D eigenvalue weighted by Gasteiger charge is 1.99. The van der Waals surface area contributed by atoms with Crippen LogP contribution in [0.4, 0.5) is 0 Å². The van der Waals surface area contributed by atoms with Crippen molar-refractivity contribution in [2.45, 2.75) is 32.6 Å². The van der Waals surface area contributed by atoms with E-state index in [-0.39, 0.29) is 12.3 Å². The molecule has 0 heterocycles. The Morgan fingerprint density at radius 3 is 2.59 bits per heavy atom. The number of ether oxygens (including phenoxy) is 1. The quantitative estimate of drug-likeness (QED) is 0.515. The Bertz CT molecular complexity index is 494. The van der Waals surface area contributed by atoms with E-state index in [1.807, 2.05) is 24.3 Å². The third-order valence-corrected chi connectivity index (χ3v) is 2.94. The molecule has 0 atom stereocenters. The summed E-state index contributed by atoms with van der Waals surface area (Å²) in [6.07, 6.45) is 5.77. The van der Waals surface area contributed by atoms with Gasteiger partial charge < -0.3 is 15.2 Å². The molecule has 1 aromatic carbocycles. The minimum atomic E-state index is -0.856. The van der Waals surface area contributed by atoms with Crippen molar-refractivity contribution in [2.24, 2.45) is 0 Å². The minimum absolute atomic E-state index is 0.0590. The first-order chi connectivity index (χ1) is 10.6. The Balaban J connectivity index is 2.32. The number of nitrogens with one attached hydrogen (secondary N) is 1. The number of hydrogen-bond donors (Lipinski definition) is 2. The van der Waals surface area contributed by atoms with E-state index in [0.717, 1.165) is 24.2 Å². The molecular weight excluding hydrogens is 282 g/mol. The molecule has 22 heavy (non-hydrogen) atoms. The number of benzene rings is 1. The minimum Gasteiger partial charge on any atom is -0.494 e. The summed E-state index contributed by atoms with van der Waals surface area (Å²) in [5.74, 6) is -0.261. The Morgan fingerprint density at radius 2 is 1.95 bits per heavy atom. The number of amides is 1. The SMILES string of the molecule is CCCCOc1ccc(/C=C/C(=O)NCCCC(=O)O)cc1. The van der Waals surface area contributed by atoms with E-state index in [1.165, 1.54) is 6.08 Å². The lowest BCUT2D eigenvalue weighted by Crippen LogP contribution is -2.22. The summed E-state index contributed by atoms with van der Waals surface area (Å²) < 4.78 is 5.56. The highest BCUT2D eigenvalue weighted by molar-refractivity contribution is 5.91. The smallest absolute Gasteiger partial charge is 0.303 e. The van der Waals surface area contributed by atoms with Crippen LogP contribution in [-0.4, -0.2) is 30.1 Å². The molecule has 0 fully saturated rings. The number of unbranched alkanes of at least 4 members (excludes halogenated alkanes) is 1. The molecule has 1 rings (SSSR count). The van der Waals surface area contributed by atoms with Gasteiger partial charge in [-0.25, -0.2) is 0 Å². The average Bonchev–Trinajstić information content (AvgIpc) is 2.51. The van der Waals surface area contributed by atoms with E-state index in [2.05, 4.69) is 12.2 Å². The van der Waals surface area contributed by atoms with Crippen molar-refractivity contribution >= 4 is 18.0 Å². The molecule has 5 nitrogen and oxygen atoms in total. The van der Waals surface area contributed by atoms with Crippen LogP contribution in [0.25, 0.3) is 6.08 Å². The Hall–Kier alpha value is -2.30. The Kier molecular flexibility index (Phi) is 8.42. The van der Waals surface area contributed by atoms with E-state index in [1.54, 1.807) is 6.08 Å². The zero-order valence-electron chi connectivity index (χ0n) is 12.9. The molecule has 0 spiro atoms. The molecule has 120 valence electrons. The van der Waals surface area contributed by atoms with Crippen LogP contribution in [0, 0.1) is 0 Å². The fourth-order valence-corrected chi connectivity index (χ4v) is 1.69. The first-order valence-electron chi connectivity index (χ1n) is 7.52. The van der Waals surface area contributed by atoms with Crippen LogP contribution in [0.2, 0.25) is 0 Å². The standard InChI is InChI=1S/C17H23NO4/c1-2-3-13-22-15-9-6-14(7-10-15)8-11-16(19)18-12-4-5-17(20)21/h6-11H,2-5,12-13H2,1H3,(H,18,19)(H,20,21)/b11-8+. The van der Waals surface area contributed by atoms with Crippen LogP contribution in [0.5, 0.6) is 5.75 Å². The fourth-order valence-electron chi connectivity index (χ4n) is 1.69. The normalized spacial score (nSPS) is 10.6. The van der Waals surface area contributed by atoms with E-state index < -0.39 is 5.97 Å². The van der Waals surface area contributed by atoms with Gasteiger partial charge in [0.25, 0.3) is 0 Å². The van der Waals surface area contributed by atoms with Gasteiger partial charge in [-0.2, -0.15) is 0 Å². The number of carboxylic acids is 1. The predicted molar refractivity (Wildman–Crippen MR) is 85.8 cm³/mol. The summed E-state index contributed by atoms with van der Waals surface area (Å²) in [6, 6.07) is 7.52. The second-order valence-corrected chi connectivity index (χ2v) is 4.89. The van der Waals surface area contributed by atoms with Crippen LogP contribution in [-0.2, 0) is 9.59 Å². The second-order valence-electron chi connectivity index (χ2n) is 4.89. The van der Waals surface area contributed by atoms with Gasteiger partial charge in [-0.05, 0) is 36.6 Å². The molecule has 2 N–H and O–H groups in total. The summed E-state index contributed by atoms with van der Waals surface area (Å²) in [7, 11) is 0. The lowest BCUT2D eigenvalue weighted by Gasteiger charge is -2.05. The zero-order valence-corrected chi connectivity index (χ0v) is 12.9. The molecular formula is C17H23NO4. The Labute approximate surface area is 131 Å². The van der Waals surface area contributed by atoms with Crippen molar-refractivity contribution in [3.63, 3.8) is 0 Å². The maximum atomic E-state index is 11.5. The number of rotatable bonds is 10. The molecule has 0 aromatic heterocycles. The van der Waals surface area contributed by atoms with E-state index in [9.17, 15) is 9.59 Å². The average molecular weight is 305 g/mol. The molecule has 1 amide bonds. The molecule has 0 bridgehead atoms. The molecule has 0 aliphatic carbocycles. The number of carbonyl (C=O) groups excluding carboxylic acids is 1. The highest BCUT2D eigenvalue weighted by atomic mass is 16.5. The third kappa shape index (κ3) is 8.09. The van der Waals surface area contributed by atoms with Gasteiger partial charge in [0.15, 0.2) is 0 Å². The van der Waals surface area contributed by atoms with Crippen molar-refractivity contribution in [3.8, 4) is 5.75 Å². The van der Waals surface area contributed by atoms with Crippen molar-refractivity contribution < 1.29 is 19.4 Å². The van der Waals surface area contributed by atoms with Gasteiger partial charge in [0.2, 0.25) is 5.91 Å².